The predicted molar refractivity (Wildman–Crippen MR) is 83.7 cm³/mol. The number of rotatable bonds is 3. The fraction of sp³-hybridized carbons (Fsp3) is 0.625. The Hall–Kier alpha value is -0.540. The molecule has 1 aliphatic carbocycles. The third-order valence-corrected chi connectivity index (χ3v) is 4.65. The van der Waals surface area contributed by atoms with Crippen molar-refractivity contribution in [3.05, 3.63) is 27.7 Å². The van der Waals surface area contributed by atoms with E-state index in [-0.39, 0.29) is 5.54 Å². The lowest BCUT2D eigenvalue weighted by Gasteiger charge is -2.36. The highest BCUT2D eigenvalue weighted by Crippen LogP contribution is 2.43. The van der Waals surface area contributed by atoms with E-state index in [9.17, 15) is 0 Å². The van der Waals surface area contributed by atoms with Gasteiger partial charge >= 0.3 is 0 Å². The molecule has 106 valence electrons. The summed E-state index contributed by atoms with van der Waals surface area (Å²) in [6.45, 7) is 4.39. The minimum Gasteiger partial charge on any atom is -0.496 e. The second kappa shape index (κ2) is 5.84. The monoisotopic (exact) mass is 325 g/mol. The van der Waals surface area contributed by atoms with Crippen LogP contribution in [0.15, 0.2) is 16.6 Å². The van der Waals surface area contributed by atoms with E-state index in [1.54, 1.807) is 7.11 Å². The molecule has 19 heavy (non-hydrogen) atoms. The fourth-order valence-electron chi connectivity index (χ4n) is 3.09. The van der Waals surface area contributed by atoms with Crippen LogP contribution in [-0.4, -0.2) is 7.11 Å². The van der Waals surface area contributed by atoms with Gasteiger partial charge < -0.3 is 10.5 Å². The van der Waals surface area contributed by atoms with E-state index in [0.717, 1.165) is 23.1 Å². The highest BCUT2D eigenvalue weighted by atomic mass is 79.9. The van der Waals surface area contributed by atoms with E-state index in [1.165, 1.54) is 30.4 Å². The summed E-state index contributed by atoms with van der Waals surface area (Å²) < 4.78 is 6.81. The molecule has 1 aromatic carbocycles. The van der Waals surface area contributed by atoms with E-state index >= 15 is 0 Å². The summed E-state index contributed by atoms with van der Waals surface area (Å²) in [5, 5.41) is 0. The van der Waals surface area contributed by atoms with E-state index in [4.69, 9.17) is 10.5 Å². The SMILES string of the molecule is COc1c(C(C)C)cc(Br)cc1C1(N)CCCCC1. The van der Waals surface area contributed by atoms with Crippen LogP contribution in [0.4, 0.5) is 0 Å². The van der Waals surface area contributed by atoms with Crippen LogP contribution in [0.2, 0.25) is 0 Å². The van der Waals surface area contributed by atoms with Crippen molar-refractivity contribution in [2.75, 3.05) is 7.11 Å². The quantitative estimate of drug-likeness (QED) is 0.874. The molecule has 0 unspecified atom stereocenters. The van der Waals surface area contributed by atoms with E-state index in [0.29, 0.717) is 5.92 Å². The summed E-state index contributed by atoms with van der Waals surface area (Å²) in [5.41, 5.74) is 8.88. The Morgan fingerprint density at radius 2 is 1.84 bits per heavy atom. The number of halogens is 1. The van der Waals surface area contributed by atoms with Crippen molar-refractivity contribution in [3.8, 4) is 5.75 Å². The standard InChI is InChI=1S/C16H24BrNO/c1-11(2)13-9-12(17)10-14(15(13)19-3)16(18)7-5-4-6-8-16/h9-11H,4-8,18H2,1-3H3. The normalized spacial score (nSPS) is 18.6. The summed E-state index contributed by atoms with van der Waals surface area (Å²) >= 11 is 3.62. The van der Waals surface area contributed by atoms with Crippen LogP contribution in [0.5, 0.6) is 5.75 Å². The molecule has 1 saturated carbocycles. The highest BCUT2D eigenvalue weighted by Gasteiger charge is 2.33. The zero-order valence-corrected chi connectivity index (χ0v) is 13.7. The largest absolute Gasteiger partial charge is 0.496 e. The summed E-state index contributed by atoms with van der Waals surface area (Å²) in [7, 11) is 1.75. The van der Waals surface area contributed by atoms with Gasteiger partial charge in [0.1, 0.15) is 5.75 Å². The smallest absolute Gasteiger partial charge is 0.127 e. The molecule has 0 radical (unpaired) electrons. The van der Waals surface area contributed by atoms with Crippen molar-refractivity contribution in [3.63, 3.8) is 0 Å². The first-order chi connectivity index (χ1) is 8.98. The van der Waals surface area contributed by atoms with Crippen LogP contribution in [0.3, 0.4) is 0 Å². The summed E-state index contributed by atoms with van der Waals surface area (Å²) in [4.78, 5) is 0. The van der Waals surface area contributed by atoms with E-state index in [2.05, 4.69) is 41.9 Å². The van der Waals surface area contributed by atoms with Crippen molar-refractivity contribution in [2.24, 2.45) is 5.73 Å². The minimum absolute atomic E-state index is 0.225. The second-order valence-electron chi connectivity index (χ2n) is 5.95. The highest BCUT2D eigenvalue weighted by molar-refractivity contribution is 9.10. The summed E-state index contributed by atoms with van der Waals surface area (Å²) in [6, 6.07) is 4.30. The van der Waals surface area contributed by atoms with Crippen LogP contribution in [0.1, 0.15) is 63.0 Å². The molecule has 2 nitrogen and oxygen atoms in total. The molecule has 0 bridgehead atoms. The van der Waals surface area contributed by atoms with Gasteiger partial charge in [-0.2, -0.15) is 0 Å². The molecule has 1 aliphatic rings. The van der Waals surface area contributed by atoms with Gasteiger partial charge in [-0.25, -0.2) is 0 Å². The summed E-state index contributed by atoms with van der Waals surface area (Å²) in [5.74, 6) is 1.42. The lowest BCUT2D eigenvalue weighted by Crippen LogP contribution is -2.39. The molecule has 0 amide bonds. The Morgan fingerprint density at radius 3 is 2.37 bits per heavy atom. The molecule has 2 N–H and O–H groups in total. The Bertz CT molecular complexity index is 450. The first-order valence-corrected chi connectivity index (χ1v) is 7.94. The van der Waals surface area contributed by atoms with Crippen molar-refractivity contribution < 1.29 is 4.74 Å². The Kier molecular flexibility index (Phi) is 4.57. The number of nitrogens with two attached hydrogens (primary N) is 1. The third-order valence-electron chi connectivity index (χ3n) is 4.19. The Labute approximate surface area is 124 Å². The van der Waals surface area contributed by atoms with Crippen LogP contribution in [0.25, 0.3) is 0 Å². The molecule has 1 aromatic rings. The van der Waals surface area contributed by atoms with E-state index in [1.807, 2.05) is 0 Å². The summed E-state index contributed by atoms with van der Waals surface area (Å²) in [6.07, 6.45) is 5.83. The molecular weight excluding hydrogens is 302 g/mol. The zero-order chi connectivity index (χ0) is 14.0. The van der Waals surface area contributed by atoms with Gasteiger partial charge in [-0.1, -0.05) is 49.0 Å². The molecule has 1 fully saturated rings. The van der Waals surface area contributed by atoms with Gasteiger partial charge in [0.15, 0.2) is 0 Å². The number of hydrogen-bond acceptors (Lipinski definition) is 2. The van der Waals surface area contributed by atoms with Crippen molar-refractivity contribution in [1.82, 2.24) is 0 Å². The van der Waals surface area contributed by atoms with E-state index < -0.39 is 0 Å². The van der Waals surface area contributed by atoms with Gasteiger partial charge in [0.25, 0.3) is 0 Å². The van der Waals surface area contributed by atoms with Gasteiger partial charge in [0, 0.05) is 15.6 Å². The average Bonchev–Trinajstić information content (AvgIpc) is 2.38. The molecular formula is C16H24BrNO. The number of ether oxygens (including phenoxy) is 1. The lowest BCUT2D eigenvalue weighted by molar-refractivity contribution is 0.287. The first kappa shape index (κ1) is 14.9. The zero-order valence-electron chi connectivity index (χ0n) is 12.1. The maximum absolute atomic E-state index is 6.69. The van der Waals surface area contributed by atoms with Crippen molar-refractivity contribution in [1.29, 1.82) is 0 Å². The molecule has 2 rings (SSSR count). The lowest BCUT2D eigenvalue weighted by atomic mass is 9.76. The number of benzene rings is 1. The molecule has 0 saturated heterocycles. The van der Waals surface area contributed by atoms with Crippen LogP contribution < -0.4 is 10.5 Å². The van der Waals surface area contributed by atoms with Gasteiger partial charge in [-0.3, -0.25) is 0 Å². The molecule has 0 aliphatic heterocycles. The third kappa shape index (κ3) is 2.97. The van der Waals surface area contributed by atoms with Crippen molar-refractivity contribution >= 4 is 15.9 Å². The maximum Gasteiger partial charge on any atom is 0.127 e. The van der Waals surface area contributed by atoms with Gasteiger partial charge in [-0.15, -0.1) is 0 Å². The molecule has 0 spiro atoms. The second-order valence-corrected chi connectivity index (χ2v) is 6.86. The Morgan fingerprint density at radius 1 is 1.21 bits per heavy atom. The fourth-order valence-corrected chi connectivity index (χ4v) is 3.57. The maximum atomic E-state index is 6.69. The molecule has 0 atom stereocenters. The first-order valence-electron chi connectivity index (χ1n) is 7.15. The number of methoxy groups -OCH3 is 1. The molecule has 3 heteroatoms. The van der Waals surface area contributed by atoms with Crippen molar-refractivity contribution in [2.45, 2.75) is 57.4 Å². The topological polar surface area (TPSA) is 35.2 Å². The predicted octanol–water partition coefficient (Wildman–Crippen LogP) is 4.70. The Balaban J connectivity index is 2.54. The average molecular weight is 326 g/mol. The van der Waals surface area contributed by atoms with Gasteiger partial charge in [0.05, 0.1) is 7.11 Å². The van der Waals surface area contributed by atoms with Crippen LogP contribution in [-0.2, 0) is 5.54 Å². The van der Waals surface area contributed by atoms with Gasteiger partial charge in [0.2, 0.25) is 0 Å². The van der Waals surface area contributed by atoms with Gasteiger partial charge in [-0.05, 0) is 36.5 Å². The number of hydrogen-bond donors (Lipinski definition) is 1. The molecule has 0 heterocycles. The minimum atomic E-state index is -0.225. The van der Waals surface area contributed by atoms with Crippen LogP contribution >= 0.6 is 15.9 Å². The molecule has 0 aromatic heterocycles. The van der Waals surface area contributed by atoms with Crippen LogP contribution in [0, 0.1) is 0 Å².